The zero-order valence-electron chi connectivity index (χ0n) is 13.6. The number of carbonyl (C=O) groups excluding carboxylic acids is 1. The van der Waals surface area contributed by atoms with Crippen LogP contribution in [0.5, 0.6) is 0 Å². The van der Waals surface area contributed by atoms with Crippen molar-refractivity contribution in [2.45, 2.75) is 50.9 Å². The summed E-state index contributed by atoms with van der Waals surface area (Å²) in [5.41, 5.74) is 1.55. The van der Waals surface area contributed by atoms with Crippen molar-refractivity contribution in [1.82, 2.24) is 14.9 Å². The first kappa shape index (κ1) is 16.5. The molecule has 0 aromatic carbocycles. The lowest BCUT2D eigenvalue weighted by molar-refractivity contribution is -0.125. The fourth-order valence-electron chi connectivity index (χ4n) is 3.12. The molecule has 3 heterocycles. The fraction of sp³-hybridized carbons (Fsp3) is 0.688. The molecule has 1 amide bonds. The highest BCUT2D eigenvalue weighted by atomic mass is 32.2. The average Bonchev–Trinajstić information content (AvgIpc) is 3.06. The molecule has 1 fully saturated rings. The van der Waals surface area contributed by atoms with Gasteiger partial charge in [0.15, 0.2) is 5.16 Å². The molecule has 6 nitrogen and oxygen atoms in total. The molecule has 1 aromatic heterocycles. The van der Waals surface area contributed by atoms with Crippen molar-refractivity contribution < 1.29 is 9.53 Å². The maximum absolute atomic E-state index is 12.6. The molecular weight excluding hydrogens is 314 g/mol. The molecule has 2 atom stereocenters. The number of ether oxygens (including phenoxy) is 1. The zero-order chi connectivity index (χ0) is 16.4. The minimum absolute atomic E-state index is 0.000809. The Labute approximate surface area is 140 Å². The number of aryl methyl sites for hydroxylation is 1. The summed E-state index contributed by atoms with van der Waals surface area (Å²) in [6.45, 7) is 5.60. The Kier molecular flexibility index (Phi) is 5.06. The van der Waals surface area contributed by atoms with Gasteiger partial charge in [-0.1, -0.05) is 18.7 Å². The summed E-state index contributed by atoms with van der Waals surface area (Å²) in [6, 6.07) is 0. The molecule has 0 spiro atoms. The van der Waals surface area contributed by atoms with Gasteiger partial charge in [0.2, 0.25) is 5.91 Å². The van der Waals surface area contributed by atoms with E-state index < -0.39 is 0 Å². The predicted molar refractivity (Wildman–Crippen MR) is 88.8 cm³/mol. The van der Waals surface area contributed by atoms with Crippen molar-refractivity contribution in [3.8, 4) is 0 Å². The van der Waals surface area contributed by atoms with Crippen LogP contribution in [0.15, 0.2) is 9.95 Å². The van der Waals surface area contributed by atoms with E-state index in [1.807, 2.05) is 13.8 Å². The summed E-state index contributed by atoms with van der Waals surface area (Å²) in [5.74, 6) is 0.472. The normalized spacial score (nSPS) is 23.6. The summed E-state index contributed by atoms with van der Waals surface area (Å²) >= 11 is 1.49. The third-order valence-electron chi connectivity index (χ3n) is 4.50. The van der Waals surface area contributed by atoms with Gasteiger partial charge in [-0.3, -0.25) is 14.2 Å². The highest BCUT2D eigenvalue weighted by molar-refractivity contribution is 7.99. The highest BCUT2D eigenvalue weighted by Gasteiger charge is 2.28. The maximum atomic E-state index is 12.6. The van der Waals surface area contributed by atoms with Crippen molar-refractivity contribution >= 4 is 17.7 Å². The van der Waals surface area contributed by atoms with Crippen LogP contribution in [0.3, 0.4) is 0 Å². The molecule has 0 aliphatic carbocycles. The third kappa shape index (κ3) is 3.45. The van der Waals surface area contributed by atoms with Gasteiger partial charge in [-0.25, -0.2) is 4.98 Å². The summed E-state index contributed by atoms with van der Waals surface area (Å²) in [5, 5.41) is 3.70. The first-order valence-corrected chi connectivity index (χ1v) is 9.21. The second-order valence-corrected chi connectivity index (χ2v) is 7.10. The van der Waals surface area contributed by atoms with Gasteiger partial charge in [0.25, 0.3) is 5.56 Å². The number of nitrogens with zero attached hydrogens (tertiary/aromatic N) is 2. The van der Waals surface area contributed by atoms with Gasteiger partial charge in [-0.05, 0) is 26.2 Å². The molecule has 126 valence electrons. The van der Waals surface area contributed by atoms with E-state index in [2.05, 4.69) is 10.3 Å². The van der Waals surface area contributed by atoms with Gasteiger partial charge >= 0.3 is 0 Å². The quantitative estimate of drug-likeness (QED) is 0.834. The number of rotatable bonds is 4. The van der Waals surface area contributed by atoms with Crippen LogP contribution in [-0.4, -0.2) is 40.5 Å². The second kappa shape index (κ2) is 7.05. The van der Waals surface area contributed by atoms with Crippen LogP contribution < -0.4 is 10.9 Å². The van der Waals surface area contributed by atoms with E-state index in [9.17, 15) is 9.59 Å². The molecule has 23 heavy (non-hydrogen) atoms. The standard InChI is InChI=1S/C16H23N3O3S/c1-3-13-10(2)18-16-19(15(13)21)8-11(9-23-16)14(20)17-7-12-5-4-6-22-12/h11-12H,3-9H2,1-2H3,(H,17,20)/t11-,12+/m1/s1. The number of aromatic nitrogens is 2. The molecule has 2 aliphatic heterocycles. The number of amides is 1. The van der Waals surface area contributed by atoms with E-state index in [1.54, 1.807) is 4.57 Å². The first-order chi connectivity index (χ1) is 11.1. The number of thioether (sulfide) groups is 1. The summed E-state index contributed by atoms with van der Waals surface area (Å²) in [7, 11) is 0. The molecule has 0 saturated carbocycles. The number of hydrogen-bond donors (Lipinski definition) is 1. The average molecular weight is 337 g/mol. The Balaban J connectivity index is 1.69. The Hall–Kier alpha value is -1.34. The van der Waals surface area contributed by atoms with Crippen LogP contribution in [0.1, 0.15) is 31.0 Å². The van der Waals surface area contributed by atoms with Crippen LogP contribution in [0.2, 0.25) is 0 Å². The predicted octanol–water partition coefficient (Wildman–Crippen LogP) is 1.13. The molecule has 1 N–H and O–H groups in total. The lowest BCUT2D eigenvalue weighted by Crippen LogP contribution is -2.42. The Morgan fingerprint density at radius 1 is 1.52 bits per heavy atom. The summed E-state index contributed by atoms with van der Waals surface area (Å²) < 4.78 is 7.19. The lowest BCUT2D eigenvalue weighted by atomic mass is 10.1. The summed E-state index contributed by atoms with van der Waals surface area (Å²) in [6.07, 6.45) is 2.87. The SMILES string of the molecule is CCc1c(C)nc2n(c1=O)C[C@@H](C(=O)NC[C@@H]1CCCO1)CS2. The summed E-state index contributed by atoms with van der Waals surface area (Å²) in [4.78, 5) is 29.5. The molecule has 1 aromatic rings. The van der Waals surface area contributed by atoms with Crippen molar-refractivity contribution in [3.05, 3.63) is 21.6 Å². The minimum atomic E-state index is -0.194. The van der Waals surface area contributed by atoms with E-state index >= 15 is 0 Å². The lowest BCUT2D eigenvalue weighted by Gasteiger charge is -2.25. The second-order valence-electron chi connectivity index (χ2n) is 6.12. The van der Waals surface area contributed by atoms with Crippen LogP contribution in [-0.2, 0) is 22.5 Å². The Bertz CT molecular complexity index is 653. The monoisotopic (exact) mass is 337 g/mol. The van der Waals surface area contributed by atoms with E-state index in [4.69, 9.17) is 4.74 Å². The van der Waals surface area contributed by atoms with Gasteiger partial charge in [0, 0.05) is 36.7 Å². The van der Waals surface area contributed by atoms with Crippen LogP contribution in [0.25, 0.3) is 0 Å². The largest absolute Gasteiger partial charge is 0.376 e. The maximum Gasteiger partial charge on any atom is 0.257 e. The van der Waals surface area contributed by atoms with Gasteiger partial charge in [0.1, 0.15) is 0 Å². The number of fused-ring (bicyclic) bond motifs is 1. The number of nitrogens with one attached hydrogen (secondary N) is 1. The molecule has 1 saturated heterocycles. The van der Waals surface area contributed by atoms with Crippen molar-refractivity contribution in [1.29, 1.82) is 0 Å². The topological polar surface area (TPSA) is 73.2 Å². The van der Waals surface area contributed by atoms with Crippen LogP contribution in [0.4, 0.5) is 0 Å². The van der Waals surface area contributed by atoms with Gasteiger partial charge < -0.3 is 10.1 Å². The van der Waals surface area contributed by atoms with E-state index in [1.165, 1.54) is 11.8 Å². The van der Waals surface area contributed by atoms with Crippen molar-refractivity contribution in [2.24, 2.45) is 5.92 Å². The molecule has 2 aliphatic rings. The molecule has 0 radical (unpaired) electrons. The minimum Gasteiger partial charge on any atom is -0.376 e. The highest BCUT2D eigenvalue weighted by Crippen LogP contribution is 2.26. The molecular formula is C16H23N3O3S. The van der Waals surface area contributed by atoms with E-state index in [-0.39, 0.29) is 23.5 Å². The van der Waals surface area contributed by atoms with Crippen LogP contribution >= 0.6 is 11.8 Å². The van der Waals surface area contributed by atoms with Crippen molar-refractivity contribution in [3.63, 3.8) is 0 Å². The molecule has 7 heteroatoms. The van der Waals surface area contributed by atoms with Crippen LogP contribution in [0, 0.1) is 12.8 Å². The van der Waals surface area contributed by atoms with E-state index in [0.29, 0.717) is 25.3 Å². The number of carbonyl (C=O) groups is 1. The van der Waals surface area contributed by atoms with Gasteiger partial charge in [0.05, 0.1) is 12.0 Å². The van der Waals surface area contributed by atoms with Gasteiger partial charge in [-0.15, -0.1) is 0 Å². The number of hydrogen-bond acceptors (Lipinski definition) is 5. The van der Waals surface area contributed by atoms with Crippen molar-refractivity contribution in [2.75, 3.05) is 18.9 Å². The third-order valence-corrected chi connectivity index (χ3v) is 5.64. The molecule has 0 bridgehead atoms. The first-order valence-electron chi connectivity index (χ1n) is 8.22. The smallest absolute Gasteiger partial charge is 0.257 e. The Morgan fingerprint density at radius 2 is 2.35 bits per heavy atom. The molecule has 0 unspecified atom stereocenters. The van der Waals surface area contributed by atoms with Gasteiger partial charge in [-0.2, -0.15) is 0 Å². The fourth-order valence-corrected chi connectivity index (χ4v) is 4.25. The Morgan fingerprint density at radius 3 is 3.04 bits per heavy atom. The molecule has 3 rings (SSSR count). The zero-order valence-corrected chi connectivity index (χ0v) is 14.4. The van der Waals surface area contributed by atoms with E-state index in [0.717, 1.165) is 35.9 Å².